The van der Waals surface area contributed by atoms with Crippen molar-refractivity contribution in [2.75, 3.05) is 5.32 Å². The van der Waals surface area contributed by atoms with Crippen LogP contribution >= 0.6 is 0 Å². The molecule has 0 atom stereocenters. The van der Waals surface area contributed by atoms with Crippen LogP contribution < -0.4 is 5.32 Å². The van der Waals surface area contributed by atoms with Crippen molar-refractivity contribution in [3.8, 4) is 5.75 Å². The molecule has 4 nitrogen and oxygen atoms in total. The molecule has 3 N–H and O–H groups in total. The van der Waals surface area contributed by atoms with Gasteiger partial charge in [0.15, 0.2) is 0 Å². The van der Waals surface area contributed by atoms with Crippen LogP contribution in [0.15, 0.2) is 42.6 Å². The molecule has 88 valence electrons. The van der Waals surface area contributed by atoms with Crippen LogP contribution in [-0.2, 0) is 13.2 Å². The van der Waals surface area contributed by atoms with Crippen molar-refractivity contribution >= 4 is 5.69 Å². The second kappa shape index (κ2) is 5.32. The van der Waals surface area contributed by atoms with Gasteiger partial charge in [-0.1, -0.05) is 12.1 Å². The maximum Gasteiger partial charge on any atom is 0.123 e. The molecule has 0 aliphatic carbocycles. The molecular formula is C13H14N2O2. The summed E-state index contributed by atoms with van der Waals surface area (Å²) in [5.74, 6) is 0.0959. The normalized spacial score (nSPS) is 10.2. The topological polar surface area (TPSA) is 65.4 Å². The van der Waals surface area contributed by atoms with Crippen molar-refractivity contribution in [3.63, 3.8) is 0 Å². The molecule has 0 aliphatic heterocycles. The maximum absolute atomic E-state index is 9.57. The smallest absolute Gasteiger partial charge is 0.123 e. The Labute approximate surface area is 99.6 Å². The zero-order valence-electron chi connectivity index (χ0n) is 9.30. The van der Waals surface area contributed by atoms with Crippen molar-refractivity contribution in [1.82, 2.24) is 4.98 Å². The predicted octanol–water partition coefficient (Wildman–Crippen LogP) is 1.89. The SMILES string of the molecule is OCc1ccc(NCc2ccccn2)cc1O. The van der Waals surface area contributed by atoms with E-state index in [2.05, 4.69) is 10.3 Å². The molecule has 0 unspecified atom stereocenters. The summed E-state index contributed by atoms with van der Waals surface area (Å²) in [6.45, 7) is 0.436. The first-order valence-corrected chi connectivity index (χ1v) is 5.36. The summed E-state index contributed by atoms with van der Waals surface area (Å²) in [6, 6.07) is 10.8. The van der Waals surface area contributed by atoms with E-state index < -0.39 is 0 Å². The Balaban J connectivity index is 2.02. The third kappa shape index (κ3) is 2.95. The number of pyridine rings is 1. The number of rotatable bonds is 4. The molecule has 2 rings (SSSR count). The van der Waals surface area contributed by atoms with Crippen molar-refractivity contribution < 1.29 is 10.2 Å². The zero-order chi connectivity index (χ0) is 12.1. The van der Waals surface area contributed by atoms with Crippen molar-refractivity contribution in [2.45, 2.75) is 13.2 Å². The molecule has 2 aromatic rings. The predicted molar refractivity (Wildman–Crippen MR) is 65.6 cm³/mol. The molecule has 0 saturated carbocycles. The Kier molecular flexibility index (Phi) is 3.57. The number of hydrogen-bond donors (Lipinski definition) is 3. The molecule has 0 fully saturated rings. The summed E-state index contributed by atoms with van der Waals surface area (Å²) in [5, 5.41) is 21.6. The van der Waals surface area contributed by atoms with Crippen molar-refractivity contribution in [2.24, 2.45) is 0 Å². The minimum atomic E-state index is -0.160. The van der Waals surface area contributed by atoms with E-state index in [1.165, 1.54) is 0 Å². The summed E-state index contributed by atoms with van der Waals surface area (Å²) in [5.41, 5.74) is 2.25. The third-order valence-electron chi connectivity index (χ3n) is 2.46. The minimum absolute atomic E-state index is 0.0959. The highest BCUT2D eigenvalue weighted by Crippen LogP contribution is 2.22. The molecule has 0 amide bonds. The number of phenols is 1. The molecule has 1 aromatic heterocycles. The lowest BCUT2D eigenvalue weighted by Gasteiger charge is -2.08. The number of hydrogen-bond acceptors (Lipinski definition) is 4. The Morgan fingerprint density at radius 2 is 2.06 bits per heavy atom. The first kappa shape index (κ1) is 11.4. The van der Waals surface area contributed by atoms with Crippen LogP contribution in [0.5, 0.6) is 5.75 Å². The first-order chi connectivity index (χ1) is 8.29. The summed E-state index contributed by atoms with van der Waals surface area (Å²) in [4.78, 5) is 4.18. The Morgan fingerprint density at radius 3 is 2.71 bits per heavy atom. The monoisotopic (exact) mass is 230 g/mol. The molecule has 0 saturated heterocycles. The van der Waals surface area contributed by atoms with Crippen molar-refractivity contribution in [1.29, 1.82) is 0 Å². The number of aliphatic hydroxyl groups is 1. The van der Waals surface area contributed by atoms with Gasteiger partial charge in [0.25, 0.3) is 0 Å². The second-order valence-electron chi connectivity index (χ2n) is 3.68. The van der Waals surface area contributed by atoms with E-state index in [0.29, 0.717) is 12.1 Å². The van der Waals surface area contributed by atoms with Gasteiger partial charge in [-0.2, -0.15) is 0 Å². The highest BCUT2D eigenvalue weighted by molar-refractivity contribution is 5.51. The van der Waals surface area contributed by atoms with Gasteiger partial charge in [0, 0.05) is 23.5 Å². The van der Waals surface area contributed by atoms with Crippen LogP contribution in [-0.4, -0.2) is 15.2 Å². The van der Waals surface area contributed by atoms with Gasteiger partial charge < -0.3 is 15.5 Å². The number of aromatic nitrogens is 1. The second-order valence-corrected chi connectivity index (χ2v) is 3.68. The molecule has 0 spiro atoms. The minimum Gasteiger partial charge on any atom is -0.508 e. The fourth-order valence-electron chi connectivity index (χ4n) is 1.50. The summed E-state index contributed by atoms with van der Waals surface area (Å²) >= 11 is 0. The number of benzene rings is 1. The summed E-state index contributed by atoms with van der Waals surface area (Å²) < 4.78 is 0. The van der Waals surface area contributed by atoms with Crippen LogP contribution in [0.1, 0.15) is 11.3 Å². The average molecular weight is 230 g/mol. The van der Waals surface area contributed by atoms with Gasteiger partial charge in [-0.05, 0) is 18.2 Å². The molecular weight excluding hydrogens is 216 g/mol. The lowest BCUT2D eigenvalue weighted by Crippen LogP contribution is -2.01. The number of anilines is 1. The van der Waals surface area contributed by atoms with Crippen molar-refractivity contribution in [3.05, 3.63) is 53.9 Å². The first-order valence-electron chi connectivity index (χ1n) is 5.36. The van der Waals surface area contributed by atoms with Crippen LogP contribution in [0.2, 0.25) is 0 Å². The maximum atomic E-state index is 9.57. The fourth-order valence-corrected chi connectivity index (χ4v) is 1.50. The molecule has 0 radical (unpaired) electrons. The number of nitrogens with zero attached hydrogens (tertiary/aromatic N) is 1. The molecule has 1 heterocycles. The van der Waals surface area contributed by atoms with Crippen LogP contribution in [0.3, 0.4) is 0 Å². The molecule has 1 aromatic carbocycles. The van der Waals surface area contributed by atoms with Gasteiger partial charge >= 0.3 is 0 Å². The molecule has 0 bridgehead atoms. The zero-order valence-corrected chi connectivity index (χ0v) is 9.30. The van der Waals surface area contributed by atoms with E-state index in [4.69, 9.17) is 5.11 Å². The number of nitrogens with one attached hydrogen (secondary N) is 1. The van der Waals surface area contributed by atoms with E-state index in [1.807, 2.05) is 24.3 Å². The standard InChI is InChI=1S/C13H14N2O2/c16-9-10-4-5-11(7-13(10)17)15-8-12-3-1-2-6-14-12/h1-7,15-17H,8-9H2. The molecule has 4 heteroatoms. The van der Waals surface area contributed by atoms with Gasteiger partial charge in [0.05, 0.1) is 18.8 Å². The highest BCUT2D eigenvalue weighted by Gasteiger charge is 2.01. The highest BCUT2D eigenvalue weighted by atomic mass is 16.3. The van der Waals surface area contributed by atoms with E-state index in [1.54, 1.807) is 18.3 Å². The van der Waals surface area contributed by atoms with E-state index >= 15 is 0 Å². The van der Waals surface area contributed by atoms with Crippen LogP contribution in [0.25, 0.3) is 0 Å². The summed E-state index contributed by atoms with van der Waals surface area (Å²) in [6.07, 6.45) is 1.74. The average Bonchev–Trinajstić information content (AvgIpc) is 2.38. The van der Waals surface area contributed by atoms with Gasteiger partial charge in [-0.25, -0.2) is 0 Å². The fraction of sp³-hybridized carbons (Fsp3) is 0.154. The summed E-state index contributed by atoms with van der Waals surface area (Å²) in [7, 11) is 0. The number of aliphatic hydroxyl groups excluding tert-OH is 1. The molecule has 0 aliphatic rings. The van der Waals surface area contributed by atoms with Crippen LogP contribution in [0, 0.1) is 0 Å². The Hall–Kier alpha value is -2.07. The van der Waals surface area contributed by atoms with E-state index in [-0.39, 0.29) is 12.4 Å². The van der Waals surface area contributed by atoms with Gasteiger partial charge in [-0.15, -0.1) is 0 Å². The van der Waals surface area contributed by atoms with E-state index in [0.717, 1.165) is 11.4 Å². The quantitative estimate of drug-likeness (QED) is 0.750. The van der Waals surface area contributed by atoms with Gasteiger partial charge in [0.2, 0.25) is 0 Å². The number of aromatic hydroxyl groups is 1. The molecule has 17 heavy (non-hydrogen) atoms. The lowest BCUT2D eigenvalue weighted by atomic mass is 10.2. The van der Waals surface area contributed by atoms with Gasteiger partial charge in [0.1, 0.15) is 5.75 Å². The van der Waals surface area contributed by atoms with Gasteiger partial charge in [-0.3, -0.25) is 4.98 Å². The lowest BCUT2D eigenvalue weighted by molar-refractivity contribution is 0.275. The Bertz CT molecular complexity index is 486. The third-order valence-corrected chi connectivity index (χ3v) is 2.46. The largest absolute Gasteiger partial charge is 0.508 e. The Morgan fingerprint density at radius 1 is 1.18 bits per heavy atom. The van der Waals surface area contributed by atoms with Crippen LogP contribution in [0.4, 0.5) is 5.69 Å². The van der Waals surface area contributed by atoms with E-state index in [9.17, 15) is 5.11 Å².